The van der Waals surface area contributed by atoms with E-state index >= 15 is 0 Å². The lowest BCUT2D eigenvalue weighted by Crippen LogP contribution is -2.43. The molecule has 0 aliphatic carbocycles. The van der Waals surface area contributed by atoms with E-state index in [9.17, 15) is 18.4 Å². The largest absolute Gasteiger partial charge is 0.444 e. The summed E-state index contributed by atoms with van der Waals surface area (Å²) in [5.74, 6) is -2.51. The van der Waals surface area contributed by atoms with Crippen LogP contribution in [0.4, 0.5) is 19.3 Å². The Kier molecular flexibility index (Phi) is 5.41. The maximum absolute atomic E-state index is 13.2. The van der Waals surface area contributed by atoms with Crippen molar-refractivity contribution in [3.8, 4) is 0 Å². The van der Waals surface area contributed by atoms with Gasteiger partial charge >= 0.3 is 6.09 Å². The summed E-state index contributed by atoms with van der Waals surface area (Å²) in [6.45, 7) is 6.24. The molecule has 0 bridgehead atoms. The SMILES string of the molecule is CC(C)(C)OC(=O)N1CCC(C(=O)Nc2ccc(F)c(F)c2)CC1. The molecule has 1 heterocycles. The van der Waals surface area contributed by atoms with Crippen LogP contribution in [0.2, 0.25) is 0 Å². The van der Waals surface area contributed by atoms with E-state index in [2.05, 4.69) is 5.32 Å². The molecule has 24 heavy (non-hydrogen) atoms. The van der Waals surface area contributed by atoms with Crippen molar-refractivity contribution in [3.63, 3.8) is 0 Å². The molecule has 7 heteroatoms. The minimum absolute atomic E-state index is 0.216. The first kappa shape index (κ1) is 18.2. The molecule has 0 radical (unpaired) electrons. The molecule has 5 nitrogen and oxygen atoms in total. The summed E-state index contributed by atoms with van der Waals surface area (Å²) in [7, 11) is 0. The molecular weight excluding hydrogens is 318 g/mol. The Balaban J connectivity index is 1.86. The van der Waals surface area contributed by atoms with E-state index in [1.807, 2.05) is 0 Å². The zero-order valence-corrected chi connectivity index (χ0v) is 14.1. The van der Waals surface area contributed by atoms with Crippen LogP contribution in [0, 0.1) is 17.6 Å². The van der Waals surface area contributed by atoms with Crippen LogP contribution in [-0.2, 0) is 9.53 Å². The third-order valence-corrected chi connectivity index (χ3v) is 3.70. The van der Waals surface area contributed by atoms with Crippen molar-refractivity contribution in [1.82, 2.24) is 4.90 Å². The maximum Gasteiger partial charge on any atom is 0.410 e. The lowest BCUT2D eigenvalue weighted by molar-refractivity contribution is -0.121. The molecule has 0 unspecified atom stereocenters. The number of rotatable bonds is 2. The van der Waals surface area contributed by atoms with Gasteiger partial charge < -0.3 is 15.0 Å². The molecule has 2 amide bonds. The summed E-state index contributed by atoms with van der Waals surface area (Å²) in [4.78, 5) is 25.8. The van der Waals surface area contributed by atoms with Crippen molar-refractivity contribution in [3.05, 3.63) is 29.8 Å². The van der Waals surface area contributed by atoms with Crippen LogP contribution in [0.15, 0.2) is 18.2 Å². The van der Waals surface area contributed by atoms with Gasteiger partial charge in [0.2, 0.25) is 5.91 Å². The van der Waals surface area contributed by atoms with Crippen molar-refractivity contribution in [2.45, 2.75) is 39.2 Å². The predicted molar refractivity (Wildman–Crippen MR) is 85.5 cm³/mol. The van der Waals surface area contributed by atoms with Crippen molar-refractivity contribution >= 4 is 17.7 Å². The Morgan fingerprint density at radius 2 is 1.79 bits per heavy atom. The van der Waals surface area contributed by atoms with Gasteiger partial charge in [-0.05, 0) is 45.7 Å². The number of anilines is 1. The summed E-state index contributed by atoms with van der Waals surface area (Å²) < 4.78 is 31.4. The minimum Gasteiger partial charge on any atom is -0.444 e. The molecule has 1 N–H and O–H groups in total. The maximum atomic E-state index is 13.2. The second-order valence-electron chi connectivity index (χ2n) is 6.86. The summed E-state index contributed by atoms with van der Waals surface area (Å²) >= 11 is 0. The molecule has 0 atom stereocenters. The second kappa shape index (κ2) is 7.15. The highest BCUT2D eigenvalue weighted by Gasteiger charge is 2.30. The Morgan fingerprint density at radius 1 is 1.17 bits per heavy atom. The minimum atomic E-state index is -1.01. The number of nitrogens with one attached hydrogen (secondary N) is 1. The number of amides is 2. The van der Waals surface area contributed by atoms with E-state index in [4.69, 9.17) is 4.74 Å². The first-order valence-electron chi connectivity index (χ1n) is 7.89. The number of carbonyl (C=O) groups is 2. The molecule has 2 rings (SSSR count). The van der Waals surface area contributed by atoms with Gasteiger partial charge in [0.25, 0.3) is 0 Å². The number of nitrogens with zero attached hydrogens (tertiary/aromatic N) is 1. The zero-order valence-electron chi connectivity index (χ0n) is 14.1. The van der Waals surface area contributed by atoms with Crippen LogP contribution in [0.25, 0.3) is 0 Å². The van der Waals surface area contributed by atoms with Crippen molar-refractivity contribution in [1.29, 1.82) is 0 Å². The summed E-state index contributed by atoms with van der Waals surface area (Å²) in [6, 6.07) is 3.23. The molecular formula is C17H22F2N2O3. The molecule has 0 aromatic heterocycles. The van der Waals surface area contributed by atoms with E-state index in [0.29, 0.717) is 25.9 Å². The van der Waals surface area contributed by atoms with Crippen LogP contribution in [0.5, 0.6) is 0 Å². The fourth-order valence-electron chi connectivity index (χ4n) is 2.47. The van der Waals surface area contributed by atoms with Gasteiger partial charge in [-0.2, -0.15) is 0 Å². The Morgan fingerprint density at radius 3 is 2.33 bits per heavy atom. The van der Waals surface area contributed by atoms with Gasteiger partial charge in [-0.25, -0.2) is 13.6 Å². The van der Waals surface area contributed by atoms with Crippen LogP contribution in [-0.4, -0.2) is 35.6 Å². The summed E-state index contributed by atoms with van der Waals surface area (Å²) in [5, 5.41) is 2.58. The normalized spacial score (nSPS) is 16.0. The highest BCUT2D eigenvalue weighted by molar-refractivity contribution is 5.92. The molecule has 1 aliphatic heterocycles. The van der Waals surface area contributed by atoms with Crippen molar-refractivity contribution < 1.29 is 23.1 Å². The van der Waals surface area contributed by atoms with Gasteiger partial charge in [0, 0.05) is 30.8 Å². The number of carbonyl (C=O) groups excluding carboxylic acids is 2. The fraction of sp³-hybridized carbons (Fsp3) is 0.529. The van der Waals surface area contributed by atoms with E-state index in [1.54, 1.807) is 25.7 Å². The first-order chi connectivity index (χ1) is 11.2. The number of hydrogen-bond acceptors (Lipinski definition) is 3. The summed E-state index contributed by atoms with van der Waals surface area (Å²) in [5.41, 5.74) is -0.341. The van der Waals surface area contributed by atoms with Crippen LogP contribution < -0.4 is 5.32 Å². The Hall–Kier alpha value is -2.18. The highest BCUT2D eigenvalue weighted by Crippen LogP contribution is 2.22. The molecule has 0 saturated carbocycles. The lowest BCUT2D eigenvalue weighted by atomic mass is 9.96. The lowest BCUT2D eigenvalue weighted by Gasteiger charge is -2.32. The van der Waals surface area contributed by atoms with Gasteiger partial charge in [0.1, 0.15) is 5.60 Å². The zero-order chi connectivity index (χ0) is 17.9. The second-order valence-corrected chi connectivity index (χ2v) is 6.86. The van der Waals surface area contributed by atoms with E-state index in [-0.39, 0.29) is 23.6 Å². The Labute approximate surface area is 140 Å². The third kappa shape index (κ3) is 4.91. The molecule has 1 aliphatic rings. The van der Waals surface area contributed by atoms with Crippen molar-refractivity contribution in [2.75, 3.05) is 18.4 Å². The van der Waals surface area contributed by atoms with E-state index in [1.165, 1.54) is 6.07 Å². The molecule has 1 fully saturated rings. The van der Waals surface area contributed by atoms with Crippen LogP contribution >= 0.6 is 0 Å². The number of hydrogen-bond donors (Lipinski definition) is 1. The average molecular weight is 340 g/mol. The standard InChI is InChI=1S/C17H22F2N2O3/c1-17(2,3)24-16(23)21-8-6-11(7-9-21)15(22)20-12-4-5-13(18)14(19)10-12/h4-5,10-11H,6-9H2,1-3H3,(H,20,22). The Bertz CT molecular complexity index is 621. The molecule has 1 aromatic rings. The molecule has 0 spiro atoms. The summed E-state index contributed by atoms with van der Waals surface area (Å²) in [6.07, 6.45) is 0.603. The number of halogens is 2. The number of piperidine rings is 1. The van der Waals surface area contributed by atoms with E-state index in [0.717, 1.165) is 12.1 Å². The number of likely N-dealkylation sites (tertiary alicyclic amines) is 1. The van der Waals surface area contributed by atoms with Gasteiger partial charge in [-0.1, -0.05) is 0 Å². The van der Waals surface area contributed by atoms with Gasteiger partial charge in [0.15, 0.2) is 11.6 Å². The van der Waals surface area contributed by atoms with Crippen LogP contribution in [0.1, 0.15) is 33.6 Å². The molecule has 1 aromatic carbocycles. The number of benzene rings is 1. The average Bonchev–Trinajstić information content (AvgIpc) is 2.49. The first-order valence-corrected chi connectivity index (χ1v) is 7.89. The van der Waals surface area contributed by atoms with Crippen LogP contribution in [0.3, 0.4) is 0 Å². The van der Waals surface area contributed by atoms with E-state index < -0.39 is 17.2 Å². The quantitative estimate of drug-likeness (QED) is 0.896. The van der Waals surface area contributed by atoms with Gasteiger partial charge in [0.05, 0.1) is 0 Å². The number of ether oxygens (including phenoxy) is 1. The molecule has 132 valence electrons. The molecule has 1 saturated heterocycles. The monoisotopic (exact) mass is 340 g/mol. The van der Waals surface area contributed by atoms with Crippen molar-refractivity contribution in [2.24, 2.45) is 5.92 Å². The topological polar surface area (TPSA) is 58.6 Å². The third-order valence-electron chi connectivity index (χ3n) is 3.70. The smallest absolute Gasteiger partial charge is 0.410 e. The fourth-order valence-corrected chi connectivity index (χ4v) is 2.47. The van der Waals surface area contributed by atoms with Gasteiger partial charge in [-0.3, -0.25) is 4.79 Å². The predicted octanol–water partition coefficient (Wildman–Crippen LogP) is 3.55. The highest BCUT2D eigenvalue weighted by atomic mass is 19.2. The van der Waals surface area contributed by atoms with Gasteiger partial charge in [-0.15, -0.1) is 0 Å².